The van der Waals surface area contributed by atoms with E-state index in [1.807, 2.05) is 48.5 Å². The average Bonchev–Trinajstić information content (AvgIpc) is 2.46. The first-order chi connectivity index (χ1) is 10.1. The molecule has 0 bridgehead atoms. The summed E-state index contributed by atoms with van der Waals surface area (Å²) in [5.41, 5.74) is 9.63. The van der Waals surface area contributed by atoms with Gasteiger partial charge in [0.05, 0.1) is 6.21 Å². The minimum Gasteiger partial charge on any atom is -0.488 e. The van der Waals surface area contributed by atoms with Crippen molar-refractivity contribution in [1.29, 1.82) is 0 Å². The van der Waals surface area contributed by atoms with Crippen molar-refractivity contribution in [2.24, 2.45) is 10.8 Å². The average molecular weight is 320 g/mol. The lowest BCUT2D eigenvalue weighted by atomic mass is 10.2. The van der Waals surface area contributed by atoms with Crippen molar-refractivity contribution in [3.05, 3.63) is 64.7 Å². The van der Waals surface area contributed by atoms with E-state index in [4.69, 9.17) is 22.1 Å². The molecule has 0 aliphatic carbocycles. The predicted octanol–water partition coefficient (Wildman–Crippen LogP) is 3.09. The molecule has 21 heavy (non-hydrogen) atoms. The van der Waals surface area contributed by atoms with Crippen molar-refractivity contribution in [1.82, 2.24) is 5.43 Å². The SMILES string of the molecule is NC(=S)N/N=C/c1ccccc1OCc1cccc(Cl)c1. The summed E-state index contributed by atoms with van der Waals surface area (Å²) in [4.78, 5) is 0. The van der Waals surface area contributed by atoms with Crippen LogP contribution in [0.25, 0.3) is 0 Å². The quantitative estimate of drug-likeness (QED) is 0.505. The minimum atomic E-state index is 0.114. The van der Waals surface area contributed by atoms with Gasteiger partial charge in [0.1, 0.15) is 12.4 Å². The van der Waals surface area contributed by atoms with Gasteiger partial charge in [-0.1, -0.05) is 35.9 Å². The Morgan fingerprint density at radius 1 is 1.29 bits per heavy atom. The van der Waals surface area contributed by atoms with E-state index in [1.165, 1.54) is 0 Å². The van der Waals surface area contributed by atoms with E-state index in [0.717, 1.165) is 11.1 Å². The monoisotopic (exact) mass is 319 g/mol. The van der Waals surface area contributed by atoms with Crippen LogP contribution in [0, 0.1) is 0 Å². The van der Waals surface area contributed by atoms with Gasteiger partial charge < -0.3 is 10.5 Å². The third-order valence-electron chi connectivity index (χ3n) is 2.58. The van der Waals surface area contributed by atoms with Gasteiger partial charge in [-0.2, -0.15) is 5.10 Å². The van der Waals surface area contributed by atoms with Crippen LogP contribution in [0.4, 0.5) is 0 Å². The molecule has 2 aromatic rings. The van der Waals surface area contributed by atoms with Crippen LogP contribution in [0.5, 0.6) is 5.75 Å². The zero-order chi connectivity index (χ0) is 15.1. The first-order valence-electron chi connectivity index (χ1n) is 6.20. The molecular weight excluding hydrogens is 306 g/mol. The number of hydrogen-bond acceptors (Lipinski definition) is 3. The van der Waals surface area contributed by atoms with Gasteiger partial charge in [0.2, 0.25) is 0 Å². The normalized spacial score (nSPS) is 10.5. The molecule has 0 fully saturated rings. The molecule has 0 aliphatic heterocycles. The fraction of sp³-hybridized carbons (Fsp3) is 0.0667. The summed E-state index contributed by atoms with van der Waals surface area (Å²) in [5.74, 6) is 0.714. The Balaban J connectivity index is 2.06. The summed E-state index contributed by atoms with van der Waals surface area (Å²) in [6, 6.07) is 15.1. The molecule has 0 radical (unpaired) electrons. The van der Waals surface area contributed by atoms with Crippen molar-refractivity contribution in [2.45, 2.75) is 6.61 Å². The molecular formula is C15H14ClN3OS. The summed E-state index contributed by atoms with van der Waals surface area (Å²) >= 11 is 10.6. The maximum atomic E-state index is 5.95. The first-order valence-corrected chi connectivity index (χ1v) is 6.98. The second kappa shape index (κ2) is 7.61. The molecule has 6 heteroatoms. The standard InChI is InChI=1S/C15H14ClN3OS/c16-13-6-3-4-11(8-13)10-20-14-7-2-1-5-12(14)9-18-19-15(17)21/h1-9H,10H2,(H3,17,19,21)/b18-9+. The first kappa shape index (κ1) is 15.3. The lowest BCUT2D eigenvalue weighted by Gasteiger charge is -2.09. The number of rotatable bonds is 5. The lowest BCUT2D eigenvalue weighted by Crippen LogP contribution is -2.24. The Hall–Kier alpha value is -2.11. The summed E-state index contributed by atoms with van der Waals surface area (Å²) in [6.07, 6.45) is 1.60. The van der Waals surface area contributed by atoms with Gasteiger partial charge in [-0.15, -0.1) is 0 Å². The fourth-order valence-electron chi connectivity index (χ4n) is 1.67. The molecule has 2 aromatic carbocycles. The molecule has 4 nitrogen and oxygen atoms in total. The summed E-state index contributed by atoms with van der Waals surface area (Å²) in [6.45, 7) is 0.425. The number of halogens is 1. The maximum Gasteiger partial charge on any atom is 0.184 e. The number of benzene rings is 2. The predicted molar refractivity (Wildman–Crippen MR) is 89.7 cm³/mol. The highest BCUT2D eigenvalue weighted by atomic mass is 35.5. The smallest absolute Gasteiger partial charge is 0.184 e. The zero-order valence-corrected chi connectivity index (χ0v) is 12.7. The second-order valence-electron chi connectivity index (χ2n) is 4.19. The van der Waals surface area contributed by atoms with Crippen LogP contribution >= 0.6 is 23.8 Å². The van der Waals surface area contributed by atoms with Gasteiger partial charge in [0.15, 0.2) is 5.11 Å². The number of nitrogens with one attached hydrogen (secondary N) is 1. The molecule has 0 heterocycles. The number of thiocarbonyl (C=S) groups is 1. The summed E-state index contributed by atoms with van der Waals surface area (Å²) in [7, 11) is 0. The van der Waals surface area contributed by atoms with Gasteiger partial charge in [-0.3, -0.25) is 5.43 Å². The Kier molecular flexibility index (Phi) is 5.54. The molecule has 0 saturated carbocycles. The van der Waals surface area contributed by atoms with E-state index in [0.29, 0.717) is 17.4 Å². The zero-order valence-electron chi connectivity index (χ0n) is 11.1. The van der Waals surface area contributed by atoms with Crippen LogP contribution in [0.2, 0.25) is 5.02 Å². The molecule has 2 rings (SSSR count). The Labute approximate surface area is 133 Å². The Morgan fingerprint density at radius 2 is 2.10 bits per heavy atom. The van der Waals surface area contributed by atoms with E-state index < -0.39 is 0 Å². The summed E-state index contributed by atoms with van der Waals surface area (Å²) in [5, 5.41) is 4.73. The third kappa shape index (κ3) is 5.06. The lowest BCUT2D eigenvalue weighted by molar-refractivity contribution is 0.306. The van der Waals surface area contributed by atoms with Crippen molar-refractivity contribution in [3.63, 3.8) is 0 Å². The van der Waals surface area contributed by atoms with E-state index >= 15 is 0 Å². The number of hydrogen-bond donors (Lipinski definition) is 2. The van der Waals surface area contributed by atoms with Gasteiger partial charge in [-0.05, 0) is 42.0 Å². The van der Waals surface area contributed by atoms with E-state index in [2.05, 4.69) is 22.7 Å². The molecule has 0 atom stereocenters. The highest BCUT2D eigenvalue weighted by Gasteiger charge is 2.02. The van der Waals surface area contributed by atoms with Crippen molar-refractivity contribution in [3.8, 4) is 5.75 Å². The van der Waals surface area contributed by atoms with E-state index in [1.54, 1.807) is 6.21 Å². The Morgan fingerprint density at radius 3 is 2.86 bits per heavy atom. The maximum absolute atomic E-state index is 5.95. The summed E-state index contributed by atoms with van der Waals surface area (Å²) < 4.78 is 5.79. The number of hydrazone groups is 1. The molecule has 0 amide bonds. The van der Waals surface area contributed by atoms with Crippen LogP contribution < -0.4 is 15.9 Å². The minimum absolute atomic E-state index is 0.114. The van der Waals surface area contributed by atoms with Gasteiger partial charge >= 0.3 is 0 Å². The largest absolute Gasteiger partial charge is 0.488 e. The van der Waals surface area contributed by atoms with Crippen LogP contribution in [0.15, 0.2) is 53.6 Å². The molecule has 0 saturated heterocycles. The number of nitrogens with two attached hydrogens (primary N) is 1. The van der Waals surface area contributed by atoms with E-state index in [-0.39, 0.29) is 5.11 Å². The number of ether oxygens (including phenoxy) is 1. The molecule has 0 aliphatic rings. The molecule has 0 aromatic heterocycles. The van der Waals surface area contributed by atoms with Crippen LogP contribution in [-0.4, -0.2) is 11.3 Å². The third-order valence-corrected chi connectivity index (χ3v) is 2.91. The molecule has 3 N–H and O–H groups in total. The van der Waals surface area contributed by atoms with Crippen molar-refractivity contribution < 1.29 is 4.74 Å². The van der Waals surface area contributed by atoms with Gasteiger partial charge in [0, 0.05) is 10.6 Å². The van der Waals surface area contributed by atoms with E-state index in [9.17, 15) is 0 Å². The molecule has 0 unspecified atom stereocenters. The second-order valence-corrected chi connectivity index (χ2v) is 5.07. The van der Waals surface area contributed by atoms with Crippen molar-refractivity contribution in [2.75, 3.05) is 0 Å². The fourth-order valence-corrected chi connectivity index (χ4v) is 1.94. The molecule has 0 spiro atoms. The van der Waals surface area contributed by atoms with Crippen LogP contribution in [-0.2, 0) is 6.61 Å². The topological polar surface area (TPSA) is 59.6 Å². The highest BCUT2D eigenvalue weighted by Crippen LogP contribution is 2.18. The highest BCUT2D eigenvalue weighted by molar-refractivity contribution is 7.80. The number of para-hydroxylation sites is 1. The van der Waals surface area contributed by atoms with Crippen molar-refractivity contribution >= 4 is 35.1 Å². The van der Waals surface area contributed by atoms with Gasteiger partial charge in [0.25, 0.3) is 0 Å². The van der Waals surface area contributed by atoms with Gasteiger partial charge in [-0.25, -0.2) is 0 Å². The van der Waals surface area contributed by atoms with Crippen LogP contribution in [0.3, 0.4) is 0 Å². The Bertz CT molecular complexity index is 661. The van der Waals surface area contributed by atoms with Crippen LogP contribution in [0.1, 0.15) is 11.1 Å². The number of nitrogens with zero attached hydrogens (tertiary/aromatic N) is 1. The molecule has 108 valence electrons.